The van der Waals surface area contributed by atoms with Gasteiger partial charge in [0.2, 0.25) is 0 Å². The van der Waals surface area contributed by atoms with Crippen LogP contribution in [0.5, 0.6) is 0 Å². The molecule has 0 aliphatic carbocycles. The number of hydrogen-bond donors (Lipinski definition) is 2. The standard InChI is InChI=1S/C17H29N3O2S/c1-17(2,3)20-7-6-14(12-20)11-18-16(22)19(8-9-21)13-15-5-4-10-23-15/h4-5,10,14,21H,6-9,11-13H2,1-3H3,(H,18,22)/t14-/m0/s1. The van der Waals surface area contributed by atoms with Gasteiger partial charge in [-0.2, -0.15) is 0 Å². The lowest BCUT2D eigenvalue weighted by atomic mass is 10.1. The number of nitrogens with zero attached hydrogens (tertiary/aromatic N) is 2. The molecule has 1 aromatic rings. The van der Waals surface area contributed by atoms with Crippen LogP contribution in [0.25, 0.3) is 0 Å². The monoisotopic (exact) mass is 339 g/mol. The normalized spacial score (nSPS) is 19.0. The second kappa shape index (κ2) is 8.13. The molecule has 1 aliphatic heterocycles. The molecule has 1 aromatic heterocycles. The van der Waals surface area contributed by atoms with E-state index in [0.29, 0.717) is 25.6 Å². The van der Waals surface area contributed by atoms with Crippen LogP contribution in [-0.4, -0.2) is 59.3 Å². The van der Waals surface area contributed by atoms with Crippen molar-refractivity contribution in [2.45, 2.75) is 39.3 Å². The smallest absolute Gasteiger partial charge is 0.317 e. The number of aliphatic hydroxyl groups is 1. The largest absolute Gasteiger partial charge is 0.395 e. The van der Waals surface area contributed by atoms with Gasteiger partial charge >= 0.3 is 6.03 Å². The third-order valence-corrected chi connectivity index (χ3v) is 5.22. The van der Waals surface area contributed by atoms with Crippen LogP contribution in [0.15, 0.2) is 17.5 Å². The van der Waals surface area contributed by atoms with Crippen molar-refractivity contribution in [1.82, 2.24) is 15.1 Å². The Labute approximate surface area is 143 Å². The van der Waals surface area contributed by atoms with Crippen LogP contribution < -0.4 is 5.32 Å². The number of carbonyl (C=O) groups is 1. The maximum atomic E-state index is 12.4. The second-order valence-corrected chi connectivity index (χ2v) is 8.21. The second-order valence-electron chi connectivity index (χ2n) is 7.18. The summed E-state index contributed by atoms with van der Waals surface area (Å²) >= 11 is 1.63. The molecule has 1 saturated heterocycles. The van der Waals surface area contributed by atoms with Gasteiger partial charge < -0.3 is 15.3 Å². The SMILES string of the molecule is CC(C)(C)N1CC[C@@H](CNC(=O)N(CCO)Cc2cccs2)C1. The van der Waals surface area contributed by atoms with E-state index in [1.54, 1.807) is 16.2 Å². The molecule has 0 unspecified atom stereocenters. The molecule has 0 bridgehead atoms. The molecule has 2 N–H and O–H groups in total. The number of carbonyl (C=O) groups excluding carboxylic acids is 1. The zero-order valence-corrected chi connectivity index (χ0v) is 15.2. The zero-order valence-electron chi connectivity index (χ0n) is 14.4. The van der Waals surface area contributed by atoms with Crippen LogP contribution >= 0.6 is 11.3 Å². The van der Waals surface area contributed by atoms with Crippen molar-refractivity contribution >= 4 is 17.4 Å². The molecule has 1 fully saturated rings. The summed E-state index contributed by atoms with van der Waals surface area (Å²) in [5.41, 5.74) is 0.195. The number of urea groups is 1. The van der Waals surface area contributed by atoms with Crippen LogP contribution in [0.3, 0.4) is 0 Å². The lowest BCUT2D eigenvalue weighted by molar-refractivity contribution is 0.164. The molecular weight excluding hydrogens is 310 g/mol. The van der Waals surface area contributed by atoms with E-state index in [2.05, 4.69) is 31.0 Å². The van der Waals surface area contributed by atoms with Crippen molar-refractivity contribution in [2.24, 2.45) is 5.92 Å². The van der Waals surface area contributed by atoms with Gasteiger partial charge in [-0.1, -0.05) is 6.07 Å². The first-order chi connectivity index (χ1) is 10.9. The number of aliphatic hydroxyl groups excluding tert-OH is 1. The van der Waals surface area contributed by atoms with Crippen LogP contribution in [0.4, 0.5) is 4.79 Å². The predicted molar refractivity (Wildman–Crippen MR) is 94.6 cm³/mol. The van der Waals surface area contributed by atoms with Gasteiger partial charge in [-0.05, 0) is 51.1 Å². The first-order valence-corrected chi connectivity index (χ1v) is 9.19. The summed E-state index contributed by atoms with van der Waals surface area (Å²) in [6.45, 7) is 10.4. The zero-order chi connectivity index (χ0) is 16.9. The minimum absolute atomic E-state index is 0.0139. The Kier molecular flexibility index (Phi) is 6.44. The molecule has 0 radical (unpaired) electrons. The van der Waals surface area contributed by atoms with Crippen molar-refractivity contribution < 1.29 is 9.90 Å². The Morgan fingerprint density at radius 3 is 2.87 bits per heavy atom. The molecule has 1 atom stereocenters. The van der Waals surface area contributed by atoms with Gasteiger partial charge in [-0.25, -0.2) is 4.79 Å². The van der Waals surface area contributed by atoms with E-state index in [9.17, 15) is 9.90 Å². The van der Waals surface area contributed by atoms with Gasteiger partial charge in [0.25, 0.3) is 0 Å². The minimum atomic E-state index is -0.0818. The number of thiophene rings is 1. The minimum Gasteiger partial charge on any atom is -0.395 e. The third-order valence-electron chi connectivity index (χ3n) is 4.36. The molecular formula is C17H29N3O2S. The highest BCUT2D eigenvalue weighted by atomic mass is 32.1. The predicted octanol–water partition coefficient (Wildman–Crippen LogP) is 2.37. The highest BCUT2D eigenvalue weighted by molar-refractivity contribution is 7.09. The fourth-order valence-electron chi connectivity index (χ4n) is 2.92. The summed E-state index contributed by atoms with van der Waals surface area (Å²) < 4.78 is 0. The molecule has 1 aliphatic rings. The van der Waals surface area contributed by atoms with E-state index < -0.39 is 0 Å². The summed E-state index contributed by atoms with van der Waals surface area (Å²) in [7, 11) is 0. The van der Waals surface area contributed by atoms with Crippen molar-refractivity contribution in [1.29, 1.82) is 0 Å². The van der Waals surface area contributed by atoms with E-state index in [-0.39, 0.29) is 18.2 Å². The van der Waals surface area contributed by atoms with Gasteiger partial charge in [0, 0.05) is 30.1 Å². The van der Waals surface area contributed by atoms with E-state index in [0.717, 1.165) is 24.4 Å². The third kappa shape index (κ3) is 5.48. The molecule has 130 valence electrons. The van der Waals surface area contributed by atoms with Gasteiger partial charge in [-0.3, -0.25) is 4.90 Å². The van der Waals surface area contributed by atoms with Gasteiger partial charge in [0.05, 0.1) is 13.2 Å². The summed E-state index contributed by atoms with van der Waals surface area (Å²) in [5, 5.41) is 14.2. The Balaban J connectivity index is 1.80. The lowest BCUT2D eigenvalue weighted by Crippen LogP contribution is -2.44. The van der Waals surface area contributed by atoms with Crippen LogP contribution in [-0.2, 0) is 6.54 Å². The van der Waals surface area contributed by atoms with Crippen LogP contribution in [0.2, 0.25) is 0 Å². The molecule has 2 heterocycles. The molecule has 0 aromatic carbocycles. The average Bonchev–Trinajstić information content (AvgIpc) is 3.15. The highest BCUT2D eigenvalue weighted by Crippen LogP contribution is 2.23. The highest BCUT2D eigenvalue weighted by Gasteiger charge is 2.30. The summed E-state index contributed by atoms with van der Waals surface area (Å²) in [6, 6.07) is 3.91. The number of amides is 2. The van der Waals surface area contributed by atoms with Crippen molar-refractivity contribution in [2.75, 3.05) is 32.8 Å². The van der Waals surface area contributed by atoms with Crippen LogP contribution in [0.1, 0.15) is 32.1 Å². The Morgan fingerprint density at radius 2 is 2.30 bits per heavy atom. The maximum Gasteiger partial charge on any atom is 0.317 e. The number of rotatable bonds is 6. The quantitative estimate of drug-likeness (QED) is 0.837. The Morgan fingerprint density at radius 1 is 1.52 bits per heavy atom. The molecule has 6 heteroatoms. The first-order valence-electron chi connectivity index (χ1n) is 8.31. The number of likely N-dealkylation sites (tertiary alicyclic amines) is 1. The van der Waals surface area contributed by atoms with Gasteiger partial charge in [0.1, 0.15) is 0 Å². The molecule has 5 nitrogen and oxygen atoms in total. The van der Waals surface area contributed by atoms with Crippen molar-refractivity contribution in [3.05, 3.63) is 22.4 Å². The summed E-state index contributed by atoms with van der Waals surface area (Å²) in [4.78, 5) is 17.7. The molecule has 23 heavy (non-hydrogen) atoms. The van der Waals surface area contributed by atoms with Crippen molar-refractivity contribution in [3.8, 4) is 0 Å². The fourth-order valence-corrected chi connectivity index (χ4v) is 3.64. The Hall–Kier alpha value is -1.11. The lowest BCUT2D eigenvalue weighted by Gasteiger charge is -2.31. The molecule has 2 amide bonds. The number of hydrogen-bond acceptors (Lipinski definition) is 4. The maximum absolute atomic E-state index is 12.4. The van der Waals surface area contributed by atoms with Gasteiger partial charge in [0.15, 0.2) is 0 Å². The van der Waals surface area contributed by atoms with E-state index in [4.69, 9.17) is 0 Å². The van der Waals surface area contributed by atoms with E-state index in [1.807, 2.05) is 17.5 Å². The van der Waals surface area contributed by atoms with E-state index in [1.165, 1.54) is 0 Å². The fraction of sp³-hybridized carbons (Fsp3) is 0.706. The van der Waals surface area contributed by atoms with Gasteiger partial charge in [-0.15, -0.1) is 11.3 Å². The average molecular weight is 340 g/mol. The number of nitrogens with one attached hydrogen (secondary N) is 1. The molecule has 2 rings (SSSR count). The Bertz CT molecular complexity index is 485. The topological polar surface area (TPSA) is 55.8 Å². The first kappa shape index (κ1) is 18.2. The summed E-state index contributed by atoms with van der Waals surface area (Å²) in [5.74, 6) is 0.510. The summed E-state index contributed by atoms with van der Waals surface area (Å²) in [6.07, 6.45) is 1.13. The molecule has 0 saturated carbocycles. The molecule has 0 spiro atoms. The van der Waals surface area contributed by atoms with Crippen molar-refractivity contribution in [3.63, 3.8) is 0 Å². The van der Waals surface area contributed by atoms with Crippen LogP contribution in [0, 0.1) is 5.92 Å². The van der Waals surface area contributed by atoms with E-state index >= 15 is 0 Å².